The molecule has 0 saturated carbocycles. The summed E-state index contributed by atoms with van der Waals surface area (Å²) in [6.07, 6.45) is -8.24. The van der Waals surface area contributed by atoms with Crippen LogP contribution in [0.1, 0.15) is 5.69 Å². The van der Waals surface area contributed by atoms with Gasteiger partial charge in [-0.2, -0.15) is 13.2 Å². The Hall–Kier alpha value is -4.03. The zero-order chi connectivity index (χ0) is 23.1. The average Bonchev–Trinajstić information content (AvgIpc) is 3.08. The SMILES string of the molecule is Nc1cc(Nc2ccc(OC(F)(F)F)cc2)nc(-c2c(C(F)(F)F)nc3ccccn23)n1. The summed E-state index contributed by atoms with van der Waals surface area (Å²) in [5.74, 6) is -0.883. The van der Waals surface area contributed by atoms with Gasteiger partial charge in [-0.05, 0) is 36.4 Å². The van der Waals surface area contributed by atoms with Gasteiger partial charge in [0.15, 0.2) is 11.5 Å². The monoisotopic (exact) mass is 454 g/mol. The Balaban J connectivity index is 1.72. The van der Waals surface area contributed by atoms with E-state index in [4.69, 9.17) is 5.73 Å². The number of aromatic nitrogens is 4. The molecule has 0 fully saturated rings. The molecule has 0 saturated heterocycles. The molecule has 0 atom stereocenters. The summed E-state index contributed by atoms with van der Waals surface area (Å²) in [4.78, 5) is 11.7. The second-order valence-electron chi connectivity index (χ2n) is 6.43. The van der Waals surface area contributed by atoms with Crippen LogP contribution < -0.4 is 15.8 Å². The first-order valence-corrected chi connectivity index (χ1v) is 8.82. The Morgan fingerprint density at radius 1 is 0.906 bits per heavy atom. The van der Waals surface area contributed by atoms with Crippen LogP contribution in [-0.2, 0) is 6.18 Å². The van der Waals surface area contributed by atoms with E-state index in [2.05, 4.69) is 25.0 Å². The van der Waals surface area contributed by atoms with Crippen LogP contribution in [0.2, 0.25) is 0 Å². The minimum atomic E-state index is -4.84. The number of rotatable bonds is 4. The molecule has 4 aromatic rings. The second kappa shape index (κ2) is 7.59. The van der Waals surface area contributed by atoms with E-state index >= 15 is 0 Å². The van der Waals surface area contributed by atoms with Crippen molar-refractivity contribution in [3.8, 4) is 17.3 Å². The van der Waals surface area contributed by atoms with Crippen molar-refractivity contribution in [2.45, 2.75) is 12.5 Å². The maximum atomic E-state index is 13.6. The lowest BCUT2D eigenvalue weighted by molar-refractivity contribution is -0.274. The highest BCUT2D eigenvalue weighted by Gasteiger charge is 2.39. The van der Waals surface area contributed by atoms with Crippen LogP contribution in [0.25, 0.3) is 17.2 Å². The molecule has 3 aromatic heterocycles. The Morgan fingerprint density at radius 2 is 1.62 bits per heavy atom. The van der Waals surface area contributed by atoms with E-state index in [1.165, 1.54) is 47.0 Å². The molecule has 32 heavy (non-hydrogen) atoms. The maximum absolute atomic E-state index is 13.6. The lowest BCUT2D eigenvalue weighted by Gasteiger charge is -2.12. The maximum Gasteiger partial charge on any atom is 0.573 e. The van der Waals surface area contributed by atoms with Crippen LogP contribution in [0.15, 0.2) is 54.7 Å². The van der Waals surface area contributed by atoms with Crippen molar-refractivity contribution in [1.82, 2.24) is 19.4 Å². The Bertz CT molecular complexity index is 1270. The largest absolute Gasteiger partial charge is 0.573 e. The first-order chi connectivity index (χ1) is 15.0. The summed E-state index contributed by atoms with van der Waals surface area (Å²) in [7, 11) is 0. The number of fused-ring (bicyclic) bond motifs is 1. The fourth-order valence-electron chi connectivity index (χ4n) is 2.93. The average molecular weight is 454 g/mol. The van der Waals surface area contributed by atoms with Crippen molar-refractivity contribution in [3.05, 3.63) is 60.4 Å². The highest BCUT2D eigenvalue weighted by molar-refractivity contribution is 5.67. The number of nitrogens with two attached hydrogens (primary N) is 1. The lowest BCUT2D eigenvalue weighted by Crippen LogP contribution is -2.17. The van der Waals surface area contributed by atoms with Gasteiger partial charge in [0.25, 0.3) is 0 Å². The van der Waals surface area contributed by atoms with E-state index in [-0.39, 0.29) is 28.8 Å². The second-order valence-corrected chi connectivity index (χ2v) is 6.43. The van der Waals surface area contributed by atoms with E-state index in [0.717, 1.165) is 12.1 Å². The first kappa shape index (κ1) is 21.2. The highest BCUT2D eigenvalue weighted by atomic mass is 19.4. The molecule has 0 radical (unpaired) electrons. The van der Waals surface area contributed by atoms with Crippen molar-refractivity contribution >= 4 is 23.0 Å². The predicted octanol–water partition coefficient (Wildman–Crippen LogP) is 5.03. The fraction of sp³-hybridized carbons (Fsp3) is 0.105. The van der Waals surface area contributed by atoms with Gasteiger partial charge >= 0.3 is 12.5 Å². The number of benzene rings is 1. The van der Waals surface area contributed by atoms with Crippen molar-refractivity contribution in [2.24, 2.45) is 0 Å². The molecule has 0 bridgehead atoms. The fourth-order valence-corrected chi connectivity index (χ4v) is 2.93. The molecule has 0 aliphatic rings. The number of nitrogens with one attached hydrogen (secondary N) is 1. The molecular formula is C19H12F6N6O. The Morgan fingerprint density at radius 3 is 2.28 bits per heavy atom. The van der Waals surface area contributed by atoms with Gasteiger partial charge in [-0.3, -0.25) is 4.40 Å². The van der Waals surface area contributed by atoms with E-state index in [1.807, 2.05) is 0 Å². The summed E-state index contributed by atoms with van der Waals surface area (Å²) in [5.41, 5.74) is 4.50. The van der Waals surface area contributed by atoms with Gasteiger partial charge in [-0.1, -0.05) is 6.07 Å². The molecule has 0 aliphatic heterocycles. The van der Waals surface area contributed by atoms with Crippen LogP contribution in [0.5, 0.6) is 5.75 Å². The Kier molecular flexibility index (Phi) is 5.03. The molecule has 0 unspecified atom stereocenters. The summed E-state index contributed by atoms with van der Waals surface area (Å²) in [6.45, 7) is 0. The van der Waals surface area contributed by atoms with Crippen LogP contribution in [0.3, 0.4) is 0 Å². The van der Waals surface area contributed by atoms with E-state index in [9.17, 15) is 26.3 Å². The summed E-state index contributed by atoms with van der Waals surface area (Å²) >= 11 is 0. The summed E-state index contributed by atoms with van der Waals surface area (Å²) < 4.78 is 82.6. The number of pyridine rings is 1. The van der Waals surface area contributed by atoms with Crippen LogP contribution in [0.4, 0.5) is 43.7 Å². The van der Waals surface area contributed by atoms with E-state index in [0.29, 0.717) is 0 Å². The smallest absolute Gasteiger partial charge is 0.406 e. The number of hydrogen-bond acceptors (Lipinski definition) is 6. The third-order valence-corrected chi connectivity index (χ3v) is 4.12. The topological polar surface area (TPSA) is 90.4 Å². The molecule has 4 rings (SSSR count). The molecule has 13 heteroatoms. The molecule has 0 spiro atoms. The zero-order valence-electron chi connectivity index (χ0n) is 15.7. The molecule has 1 aromatic carbocycles. The quantitative estimate of drug-likeness (QED) is 0.420. The number of hydrogen-bond donors (Lipinski definition) is 2. The van der Waals surface area contributed by atoms with Gasteiger partial charge in [0.1, 0.15) is 28.7 Å². The number of ether oxygens (including phenoxy) is 1. The number of nitrogens with zero attached hydrogens (tertiary/aromatic N) is 4. The van der Waals surface area contributed by atoms with Crippen molar-refractivity contribution < 1.29 is 31.1 Å². The number of alkyl halides is 6. The van der Waals surface area contributed by atoms with Crippen LogP contribution in [-0.4, -0.2) is 25.7 Å². The van der Waals surface area contributed by atoms with Crippen molar-refractivity contribution in [3.63, 3.8) is 0 Å². The predicted molar refractivity (Wildman–Crippen MR) is 102 cm³/mol. The van der Waals surface area contributed by atoms with E-state index < -0.39 is 29.7 Å². The van der Waals surface area contributed by atoms with Crippen molar-refractivity contribution in [1.29, 1.82) is 0 Å². The van der Waals surface area contributed by atoms with Gasteiger partial charge in [-0.25, -0.2) is 15.0 Å². The molecule has 166 valence electrons. The molecule has 0 aliphatic carbocycles. The normalized spacial score (nSPS) is 12.2. The van der Waals surface area contributed by atoms with Crippen LogP contribution in [0, 0.1) is 0 Å². The van der Waals surface area contributed by atoms with Gasteiger partial charge in [-0.15, -0.1) is 13.2 Å². The van der Waals surface area contributed by atoms with Crippen LogP contribution >= 0.6 is 0 Å². The standard InChI is InChI=1S/C19H12F6N6O/c20-18(21,22)16-15(31-8-2-1-3-14(31)30-16)17-28-12(26)9-13(29-17)27-10-4-6-11(7-5-10)32-19(23,24)25/h1-9H,(H3,26,27,28,29). The van der Waals surface area contributed by atoms with Gasteiger partial charge in [0, 0.05) is 18.0 Å². The third-order valence-electron chi connectivity index (χ3n) is 4.12. The summed E-state index contributed by atoms with van der Waals surface area (Å²) in [6, 6.07) is 10.4. The number of nitrogen functional groups attached to an aromatic ring is 1. The van der Waals surface area contributed by atoms with E-state index in [1.54, 1.807) is 0 Å². The van der Waals surface area contributed by atoms with Gasteiger partial charge in [0.05, 0.1) is 0 Å². The molecule has 7 nitrogen and oxygen atoms in total. The molecular weight excluding hydrogens is 442 g/mol. The molecule has 3 heterocycles. The first-order valence-electron chi connectivity index (χ1n) is 8.82. The van der Waals surface area contributed by atoms with Gasteiger partial charge in [0.2, 0.25) is 0 Å². The highest BCUT2D eigenvalue weighted by Crippen LogP contribution is 2.36. The number of imidazole rings is 1. The third kappa shape index (κ3) is 4.50. The zero-order valence-corrected chi connectivity index (χ0v) is 15.7. The number of halogens is 6. The Labute approximate surface area is 175 Å². The molecule has 0 amide bonds. The van der Waals surface area contributed by atoms with Crippen molar-refractivity contribution in [2.75, 3.05) is 11.1 Å². The minimum Gasteiger partial charge on any atom is -0.406 e. The lowest BCUT2D eigenvalue weighted by atomic mass is 10.2. The number of anilines is 3. The molecule has 3 N–H and O–H groups in total. The van der Waals surface area contributed by atoms with Gasteiger partial charge < -0.3 is 15.8 Å². The summed E-state index contributed by atoms with van der Waals surface area (Å²) in [5, 5.41) is 2.76. The minimum absolute atomic E-state index is 0.0241.